The van der Waals surface area contributed by atoms with Gasteiger partial charge >= 0.3 is 0 Å². The van der Waals surface area contributed by atoms with Crippen molar-refractivity contribution in [1.82, 2.24) is 0 Å². The van der Waals surface area contributed by atoms with Crippen LogP contribution in [0.3, 0.4) is 0 Å². The highest BCUT2D eigenvalue weighted by Gasteiger charge is 2.06. The number of rotatable bonds is 3. The van der Waals surface area contributed by atoms with Crippen LogP contribution in [0.5, 0.6) is 0 Å². The molecule has 0 heterocycles. The van der Waals surface area contributed by atoms with Crippen molar-refractivity contribution in [2.24, 2.45) is 0 Å². The Morgan fingerprint density at radius 2 is 1.50 bits per heavy atom. The number of aryl methyl sites for hydroxylation is 3. The Morgan fingerprint density at radius 3 is 1.94 bits per heavy atom. The summed E-state index contributed by atoms with van der Waals surface area (Å²) < 4.78 is 0. The zero-order chi connectivity index (χ0) is 12.3. The second-order valence-electron chi connectivity index (χ2n) is 4.30. The third-order valence-corrected chi connectivity index (χ3v) is 4.04. The molecule has 0 aromatic heterocycles. The van der Waals surface area contributed by atoms with Gasteiger partial charge in [-0.25, -0.2) is 0 Å². The number of allylic oxidation sites excluding steroid dienone is 2. The van der Waals surface area contributed by atoms with E-state index < -0.39 is 0 Å². The van der Waals surface area contributed by atoms with Gasteiger partial charge in [-0.1, -0.05) is 24.6 Å². The minimum atomic E-state index is 0.897. The topological polar surface area (TPSA) is 0 Å². The van der Waals surface area contributed by atoms with Gasteiger partial charge in [-0.3, -0.25) is 0 Å². The van der Waals surface area contributed by atoms with Crippen molar-refractivity contribution in [3.63, 3.8) is 0 Å². The molecule has 0 fully saturated rings. The molecule has 0 N–H and O–H groups in total. The van der Waals surface area contributed by atoms with Crippen LogP contribution in [0.25, 0.3) is 0 Å². The molecule has 0 unspecified atom stereocenters. The summed E-state index contributed by atoms with van der Waals surface area (Å²) in [6, 6.07) is 4.46. The third-order valence-electron chi connectivity index (χ3n) is 2.85. The average Bonchev–Trinajstić information content (AvgIpc) is 2.21. The van der Waals surface area contributed by atoms with E-state index in [0.717, 1.165) is 22.7 Å². The van der Waals surface area contributed by atoms with Crippen molar-refractivity contribution >= 4 is 25.3 Å². The summed E-state index contributed by atoms with van der Waals surface area (Å²) in [6.07, 6.45) is 1.85. The molecule has 0 saturated carbocycles. The summed E-state index contributed by atoms with van der Waals surface area (Å²) in [5.74, 6) is 0. The second kappa shape index (κ2) is 5.83. The molecule has 2 heteroatoms. The number of hydrogen-bond acceptors (Lipinski definition) is 2. The van der Waals surface area contributed by atoms with Crippen molar-refractivity contribution < 1.29 is 0 Å². The molecule has 0 radical (unpaired) electrons. The van der Waals surface area contributed by atoms with Crippen LogP contribution in [0.2, 0.25) is 0 Å². The van der Waals surface area contributed by atoms with Gasteiger partial charge in [-0.05, 0) is 53.7 Å². The number of benzene rings is 1. The van der Waals surface area contributed by atoms with Crippen LogP contribution in [0, 0.1) is 20.8 Å². The quantitative estimate of drug-likeness (QED) is 0.720. The first-order valence-electron chi connectivity index (χ1n) is 5.62. The van der Waals surface area contributed by atoms with Gasteiger partial charge in [0.15, 0.2) is 0 Å². The predicted molar refractivity (Wildman–Crippen MR) is 79.6 cm³/mol. The van der Waals surface area contributed by atoms with E-state index in [1.807, 2.05) is 0 Å². The van der Waals surface area contributed by atoms with Crippen LogP contribution in [0.15, 0.2) is 21.9 Å². The summed E-state index contributed by atoms with van der Waals surface area (Å²) >= 11 is 8.99. The van der Waals surface area contributed by atoms with Gasteiger partial charge in [0.05, 0.1) is 0 Å². The monoisotopic (exact) mass is 252 g/mol. The molecular weight excluding hydrogens is 232 g/mol. The maximum Gasteiger partial charge on any atom is 0.00449 e. The van der Waals surface area contributed by atoms with Crippen LogP contribution in [-0.2, 0) is 6.42 Å². The molecule has 0 aliphatic rings. The number of hydrogen-bond donors (Lipinski definition) is 2. The normalized spacial score (nSPS) is 12.6. The van der Waals surface area contributed by atoms with Gasteiger partial charge in [-0.2, -0.15) is 0 Å². The van der Waals surface area contributed by atoms with Crippen molar-refractivity contribution in [1.29, 1.82) is 0 Å². The molecule has 0 aliphatic carbocycles. The Hall–Kier alpha value is -0.340. The minimum Gasteiger partial charge on any atom is -0.147 e. The van der Waals surface area contributed by atoms with Crippen molar-refractivity contribution in [3.05, 3.63) is 44.2 Å². The lowest BCUT2D eigenvalue weighted by Gasteiger charge is -2.12. The van der Waals surface area contributed by atoms with Crippen molar-refractivity contribution in [3.8, 4) is 0 Å². The molecule has 88 valence electrons. The Labute approximate surface area is 110 Å². The highest BCUT2D eigenvalue weighted by Crippen LogP contribution is 2.25. The van der Waals surface area contributed by atoms with Gasteiger partial charge in [0.25, 0.3) is 0 Å². The fourth-order valence-electron chi connectivity index (χ4n) is 1.96. The Kier molecular flexibility index (Phi) is 5.00. The van der Waals surface area contributed by atoms with Crippen LogP contribution in [0.1, 0.15) is 35.6 Å². The predicted octanol–water partition coefficient (Wildman–Crippen LogP) is 4.64. The Balaban J connectivity index is 3.07. The van der Waals surface area contributed by atoms with Gasteiger partial charge in [0.1, 0.15) is 0 Å². The van der Waals surface area contributed by atoms with Crippen molar-refractivity contribution in [2.45, 2.75) is 40.5 Å². The zero-order valence-electron chi connectivity index (χ0n) is 10.5. The van der Waals surface area contributed by atoms with Gasteiger partial charge in [0.2, 0.25) is 0 Å². The molecule has 0 amide bonds. The first-order valence-corrected chi connectivity index (χ1v) is 6.51. The van der Waals surface area contributed by atoms with Crippen LogP contribution < -0.4 is 0 Å². The van der Waals surface area contributed by atoms with E-state index in [4.69, 9.17) is 0 Å². The van der Waals surface area contributed by atoms with Crippen LogP contribution >= 0.6 is 25.3 Å². The molecular formula is C14H20S2. The molecule has 1 aromatic rings. The Morgan fingerprint density at radius 1 is 1.00 bits per heavy atom. The molecule has 16 heavy (non-hydrogen) atoms. The first-order chi connectivity index (χ1) is 7.45. The standard InChI is InChI=1S/C14H20S2/c1-5-13(15)14(16)8-12-10(3)6-9(2)7-11(12)4/h6-7,15-16H,5,8H2,1-4H3. The van der Waals surface area contributed by atoms with Crippen LogP contribution in [-0.4, -0.2) is 0 Å². The second-order valence-corrected chi connectivity index (χ2v) is 5.38. The molecule has 0 aliphatic heterocycles. The number of thiol groups is 2. The largest absolute Gasteiger partial charge is 0.147 e. The molecule has 0 nitrogen and oxygen atoms in total. The van der Waals surface area contributed by atoms with E-state index in [1.54, 1.807) is 0 Å². The Bertz CT molecular complexity index is 394. The fourth-order valence-corrected chi connectivity index (χ4v) is 2.36. The van der Waals surface area contributed by atoms with E-state index in [1.165, 1.54) is 22.3 Å². The van der Waals surface area contributed by atoms with Crippen LogP contribution in [0.4, 0.5) is 0 Å². The maximum absolute atomic E-state index is 4.54. The smallest absolute Gasteiger partial charge is 0.00449 e. The summed E-state index contributed by atoms with van der Waals surface area (Å²) in [5.41, 5.74) is 5.41. The minimum absolute atomic E-state index is 0.897. The lowest BCUT2D eigenvalue weighted by molar-refractivity contribution is 1.11. The first kappa shape index (κ1) is 13.7. The van der Waals surface area contributed by atoms with Gasteiger partial charge in [0, 0.05) is 6.42 Å². The summed E-state index contributed by atoms with van der Waals surface area (Å²) in [6.45, 7) is 8.58. The van der Waals surface area contributed by atoms with Gasteiger partial charge < -0.3 is 0 Å². The molecule has 1 aromatic carbocycles. The van der Waals surface area contributed by atoms with Crippen molar-refractivity contribution in [2.75, 3.05) is 0 Å². The molecule has 0 spiro atoms. The van der Waals surface area contributed by atoms with E-state index in [0.29, 0.717) is 0 Å². The maximum atomic E-state index is 4.54. The van der Waals surface area contributed by atoms with E-state index in [-0.39, 0.29) is 0 Å². The average molecular weight is 252 g/mol. The molecule has 0 saturated heterocycles. The third kappa shape index (κ3) is 3.33. The summed E-state index contributed by atoms with van der Waals surface area (Å²) in [5, 5.41) is 0. The fraction of sp³-hybridized carbons (Fsp3) is 0.429. The SMILES string of the molecule is CCC(S)=C(S)Cc1c(C)cc(C)cc1C. The summed E-state index contributed by atoms with van der Waals surface area (Å²) in [4.78, 5) is 2.17. The van der Waals surface area contributed by atoms with Gasteiger partial charge in [-0.15, -0.1) is 25.3 Å². The van der Waals surface area contributed by atoms with E-state index in [9.17, 15) is 0 Å². The molecule has 0 atom stereocenters. The molecule has 0 bridgehead atoms. The molecule has 1 rings (SSSR count). The lowest BCUT2D eigenvalue weighted by atomic mass is 9.97. The van der Waals surface area contributed by atoms with E-state index >= 15 is 0 Å². The zero-order valence-corrected chi connectivity index (χ0v) is 12.3. The lowest BCUT2D eigenvalue weighted by Crippen LogP contribution is -1.96. The highest BCUT2D eigenvalue weighted by molar-refractivity contribution is 7.88. The highest BCUT2D eigenvalue weighted by atomic mass is 32.1. The summed E-state index contributed by atoms with van der Waals surface area (Å²) in [7, 11) is 0. The van der Waals surface area contributed by atoms with E-state index in [2.05, 4.69) is 65.1 Å².